The molecule has 3 amide bonds. The topological polar surface area (TPSA) is 145 Å². The minimum Gasteiger partial charge on any atom is -0.480 e. The molecule has 1 rings (SSSR count). The number of aliphatic hydroxyl groups is 1. The number of carboxylic acids is 1. The molecule has 0 aromatic heterocycles. The summed E-state index contributed by atoms with van der Waals surface area (Å²) in [5.74, 6) is -3.00. The van der Waals surface area contributed by atoms with Crippen LogP contribution in [0.25, 0.3) is 0 Å². The third-order valence-corrected chi connectivity index (χ3v) is 3.51. The Kier molecular flexibility index (Phi) is 7.73. The number of benzene rings is 1. The third-order valence-electron chi connectivity index (χ3n) is 3.51. The summed E-state index contributed by atoms with van der Waals surface area (Å²) >= 11 is 0. The maximum Gasteiger partial charge on any atom is 0.326 e. The van der Waals surface area contributed by atoms with E-state index in [1.54, 1.807) is 13.8 Å². The van der Waals surface area contributed by atoms with Gasteiger partial charge in [-0.2, -0.15) is 0 Å². The molecule has 0 spiro atoms. The van der Waals surface area contributed by atoms with Crippen LogP contribution < -0.4 is 16.0 Å². The van der Waals surface area contributed by atoms with E-state index in [0.717, 1.165) is 0 Å². The Morgan fingerprint density at radius 1 is 1.04 bits per heavy atom. The monoisotopic (exact) mass is 365 g/mol. The predicted octanol–water partition coefficient (Wildman–Crippen LogP) is -0.0389. The van der Waals surface area contributed by atoms with Crippen molar-refractivity contribution in [3.05, 3.63) is 29.8 Å². The van der Waals surface area contributed by atoms with Crippen molar-refractivity contribution in [3.8, 4) is 0 Å². The second kappa shape index (κ2) is 9.52. The highest BCUT2D eigenvalue weighted by atomic mass is 16.4. The molecule has 1 aromatic rings. The Labute approximate surface area is 150 Å². The molecule has 142 valence electrons. The number of nitrogens with one attached hydrogen (secondary N) is 3. The standard InChI is InChI=1S/C17H23N3O6/c1-9(2)14(17(25)26)20-15(23)11-4-6-12(7-5-11)19-16(24)13(8-21)18-10(3)22/h4-7,9,13-14,21H,8H2,1-3H3,(H,18,22)(H,19,24)(H,20,23)(H,25,26)/t13-,14-/m0/s1. The number of hydrogen-bond acceptors (Lipinski definition) is 5. The van der Waals surface area contributed by atoms with Crippen molar-refractivity contribution in [1.29, 1.82) is 0 Å². The van der Waals surface area contributed by atoms with Crippen molar-refractivity contribution in [1.82, 2.24) is 10.6 Å². The van der Waals surface area contributed by atoms with Gasteiger partial charge < -0.3 is 26.2 Å². The van der Waals surface area contributed by atoms with Crippen molar-refractivity contribution in [2.24, 2.45) is 5.92 Å². The Hall–Kier alpha value is -2.94. The molecule has 0 saturated carbocycles. The lowest BCUT2D eigenvalue weighted by Gasteiger charge is -2.18. The van der Waals surface area contributed by atoms with Crippen LogP contribution in [0.1, 0.15) is 31.1 Å². The Balaban J connectivity index is 2.76. The van der Waals surface area contributed by atoms with Crippen LogP contribution in [-0.2, 0) is 14.4 Å². The maximum absolute atomic E-state index is 12.1. The van der Waals surface area contributed by atoms with Crippen LogP contribution in [0.2, 0.25) is 0 Å². The first-order valence-electron chi connectivity index (χ1n) is 7.98. The number of aliphatic carboxylic acids is 1. The summed E-state index contributed by atoms with van der Waals surface area (Å²) < 4.78 is 0. The van der Waals surface area contributed by atoms with Gasteiger partial charge in [-0.25, -0.2) is 4.79 Å². The van der Waals surface area contributed by atoms with Gasteiger partial charge in [-0.05, 0) is 30.2 Å². The third kappa shape index (κ3) is 6.17. The number of carbonyl (C=O) groups excluding carboxylic acids is 3. The lowest BCUT2D eigenvalue weighted by atomic mass is 10.0. The second-order valence-electron chi connectivity index (χ2n) is 6.04. The van der Waals surface area contributed by atoms with Gasteiger partial charge in [-0.15, -0.1) is 0 Å². The number of anilines is 1. The number of carboxylic acid groups (broad SMARTS) is 1. The lowest BCUT2D eigenvalue weighted by Crippen LogP contribution is -2.45. The molecule has 0 saturated heterocycles. The lowest BCUT2D eigenvalue weighted by molar-refractivity contribution is -0.140. The zero-order valence-corrected chi connectivity index (χ0v) is 14.8. The zero-order valence-electron chi connectivity index (χ0n) is 14.8. The molecule has 26 heavy (non-hydrogen) atoms. The molecular weight excluding hydrogens is 342 g/mol. The van der Waals surface area contributed by atoms with Crippen LogP contribution in [0.5, 0.6) is 0 Å². The van der Waals surface area contributed by atoms with Gasteiger partial charge >= 0.3 is 5.97 Å². The molecule has 9 heteroatoms. The minimum absolute atomic E-state index is 0.232. The molecule has 0 radical (unpaired) electrons. The van der Waals surface area contributed by atoms with Crippen LogP contribution >= 0.6 is 0 Å². The van der Waals surface area contributed by atoms with Gasteiger partial charge in [0.05, 0.1) is 6.61 Å². The van der Waals surface area contributed by atoms with Crippen LogP contribution in [0.4, 0.5) is 5.69 Å². The van der Waals surface area contributed by atoms with Crippen molar-refractivity contribution >= 4 is 29.4 Å². The molecule has 0 aliphatic rings. The minimum atomic E-state index is -1.12. The van der Waals surface area contributed by atoms with Crippen LogP contribution in [0, 0.1) is 5.92 Å². The molecule has 0 unspecified atom stereocenters. The van der Waals surface area contributed by atoms with Crippen molar-refractivity contribution in [2.75, 3.05) is 11.9 Å². The normalized spacial score (nSPS) is 12.8. The van der Waals surface area contributed by atoms with E-state index in [4.69, 9.17) is 10.2 Å². The molecule has 0 bridgehead atoms. The van der Waals surface area contributed by atoms with Gasteiger partial charge in [-0.1, -0.05) is 13.8 Å². The van der Waals surface area contributed by atoms with E-state index in [2.05, 4.69) is 16.0 Å². The number of aliphatic hydroxyl groups excluding tert-OH is 1. The van der Waals surface area contributed by atoms with E-state index in [1.807, 2.05) is 0 Å². The van der Waals surface area contributed by atoms with Gasteiger partial charge in [0.15, 0.2) is 0 Å². The molecule has 2 atom stereocenters. The smallest absolute Gasteiger partial charge is 0.326 e. The van der Waals surface area contributed by atoms with E-state index in [9.17, 15) is 19.2 Å². The van der Waals surface area contributed by atoms with Gasteiger partial charge in [0, 0.05) is 18.2 Å². The highest BCUT2D eigenvalue weighted by Gasteiger charge is 2.24. The summed E-state index contributed by atoms with van der Waals surface area (Å²) in [6.07, 6.45) is 0. The quantitative estimate of drug-likeness (QED) is 0.437. The SMILES string of the molecule is CC(=O)N[C@@H](CO)C(=O)Nc1ccc(C(=O)N[C@H](C(=O)O)C(C)C)cc1. The fourth-order valence-electron chi connectivity index (χ4n) is 2.11. The number of carbonyl (C=O) groups is 4. The van der Waals surface area contributed by atoms with Gasteiger partial charge in [-0.3, -0.25) is 14.4 Å². The van der Waals surface area contributed by atoms with E-state index in [1.165, 1.54) is 31.2 Å². The van der Waals surface area contributed by atoms with Crippen molar-refractivity contribution < 1.29 is 29.4 Å². The number of rotatable bonds is 8. The molecule has 1 aromatic carbocycles. The van der Waals surface area contributed by atoms with E-state index in [-0.39, 0.29) is 11.5 Å². The molecule has 5 N–H and O–H groups in total. The molecular formula is C17H23N3O6. The summed E-state index contributed by atoms with van der Waals surface area (Å²) in [6.45, 7) is 4.04. The van der Waals surface area contributed by atoms with Crippen LogP contribution in [0.3, 0.4) is 0 Å². The van der Waals surface area contributed by atoms with E-state index >= 15 is 0 Å². The first-order chi connectivity index (χ1) is 12.1. The summed E-state index contributed by atoms with van der Waals surface area (Å²) in [6, 6.07) is 3.68. The summed E-state index contributed by atoms with van der Waals surface area (Å²) in [5.41, 5.74) is 0.587. The summed E-state index contributed by atoms with van der Waals surface area (Å²) in [4.78, 5) is 46.2. The highest BCUT2D eigenvalue weighted by molar-refractivity contribution is 5.99. The Morgan fingerprint density at radius 3 is 2.04 bits per heavy atom. The van der Waals surface area contributed by atoms with Gasteiger partial charge in [0.1, 0.15) is 12.1 Å². The zero-order chi connectivity index (χ0) is 19.9. The molecule has 0 heterocycles. The van der Waals surface area contributed by atoms with Crippen LogP contribution in [-0.4, -0.2) is 52.6 Å². The summed E-state index contributed by atoms with van der Waals surface area (Å²) in [5, 5.41) is 25.5. The van der Waals surface area contributed by atoms with Gasteiger partial charge in [0.2, 0.25) is 11.8 Å². The fraction of sp³-hybridized carbons (Fsp3) is 0.412. The van der Waals surface area contributed by atoms with Crippen molar-refractivity contribution in [2.45, 2.75) is 32.9 Å². The second-order valence-corrected chi connectivity index (χ2v) is 6.04. The van der Waals surface area contributed by atoms with Gasteiger partial charge in [0.25, 0.3) is 5.91 Å². The van der Waals surface area contributed by atoms with E-state index < -0.39 is 42.4 Å². The Bertz CT molecular complexity index is 672. The average molecular weight is 365 g/mol. The number of amides is 3. The number of hydrogen-bond donors (Lipinski definition) is 5. The largest absolute Gasteiger partial charge is 0.480 e. The molecule has 0 fully saturated rings. The molecule has 9 nitrogen and oxygen atoms in total. The first kappa shape index (κ1) is 21.1. The first-order valence-corrected chi connectivity index (χ1v) is 7.98. The maximum atomic E-state index is 12.1. The van der Waals surface area contributed by atoms with Crippen molar-refractivity contribution in [3.63, 3.8) is 0 Å². The Morgan fingerprint density at radius 2 is 1.62 bits per heavy atom. The molecule has 0 aliphatic carbocycles. The summed E-state index contributed by atoms with van der Waals surface area (Å²) in [7, 11) is 0. The fourth-order valence-corrected chi connectivity index (χ4v) is 2.11. The van der Waals surface area contributed by atoms with Crippen LogP contribution in [0.15, 0.2) is 24.3 Å². The predicted molar refractivity (Wildman–Crippen MR) is 93.5 cm³/mol. The average Bonchev–Trinajstić information content (AvgIpc) is 2.57. The van der Waals surface area contributed by atoms with E-state index in [0.29, 0.717) is 5.69 Å². The highest BCUT2D eigenvalue weighted by Crippen LogP contribution is 2.11. The molecule has 0 aliphatic heterocycles.